The number of hydrogen-bond donors (Lipinski definition) is 1. The molecule has 0 spiro atoms. The second-order valence-corrected chi connectivity index (χ2v) is 9.30. The minimum atomic E-state index is -3.66. The summed E-state index contributed by atoms with van der Waals surface area (Å²) in [6.07, 6.45) is 0.767. The molecule has 1 saturated heterocycles. The molecule has 26 heavy (non-hydrogen) atoms. The SMILES string of the molecule is O=S(=O)(c1ccc2c(c1)OCCCO2)N1CC(CO)C(c2ccsc2)C1. The molecule has 2 aliphatic heterocycles. The molecule has 6 nitrogen and oxygen atoms in total. The van der Waals surface area contributed by atoms with Crippen LogP contribution in [0.1, 0.15) is 17.9 Å². The van der Waals surface area contributed by atoms with Gasteiger partial charge in [0.2, 0.25) is 10.0 Å². The van der Waals surface area contributed by atoms with Gasteiger partial charge in [0.1, 0.15) is 0 Å². The van der Waals surface area contributed by atoms with Gasteiger partial charge in [0.05, 0.1) is 18.1 Å². The number of thiophene rings is 1. The van der Waals surface area contributed by atoms with Crippen molar-refractivity contribution in [2.24, 2.45) is 5.92 Å². The maximum absolute atomic E-state index is 13.1. The Bertz CT molecular complexity index is 866. The third-order valence-electron chi connectivity index (χ3n) is 4.97. The number of rotatable bonds is 4. The lowest BCUT2D eigenvalue weighted by molar-refractivity contribution is 0.223. The lowest BCUT2D eigenvalue weighted by Crippen LogP contribution is -2.29. The van der Waals surface area contributed by atoms with Crippen LogP contribution in [0, 0.1) is 5.92 Å². The van der Waals surface area contributed by atoms with E-state index in [1.807, 2.05) is 16.8 Å². The molecule has 1 aromatic heterocycles. The van der Waals surface area contributed by atoms with Crippen molar-refractivity contribution in [2.45, 2.75) is 17.2 Å². The van der Waals surface area contributed by atoms with Crippen LogP contribution in [0.2, 0.25) is 0 Å². The lowest BCUT2D eigenvalue weighted by atomic mass is 9.92. The van der Waals surface area contributed by atoms with Gasteiger partial charge >= 0.3 is 0 Å². The molecule has 2 aromatic rings. The van der Waals surface area contributed by atoms with Gasteiger partial charge in [0.25, 0.3) is 0 Å². The van der Waals surface area contributed by atoms with Gasteiger partial charge in [-0.2, -0.15) is 15.6 Å². The normalized spacial score (nSPS) is 23.7. The van der Waals surface area contributed by atoms with Crippen LogP contribution in [0.25, 0.3) is 0 Å². The first-order chi connectivity index (χ1) is 12.6. The topological polar surface area (TPSA) is 76.1 Å². The second-order valence-electron chi connectivity index (χ2n) is 6.59. The van der Waals surface area contributed by atoms with E-state index in [4.69, 9.17) is 9.47 Å². The maximum atomic E-state index is 13.1. The summed E-state index contributed by atoms with van der Waals surface area (Å²) in [6.45, 7) is 1.72. The highest BCUT2D eigenvalue weighted by atomic mass is 32.2. The Morgan fingerprint density at radius 2 is 1.96 bits per heavy atom. The zero-order valence-corrected chi connectivity index (χ0v) is 15.8. The minimum Gasteiger partial charge on any atom is -0.490 e. The molecule has 0 saturated carbocycles. The summed E-state index contributed by atoms with van der Waals surface area (Å²) in [6, 6.07) is 6.77. The molecule has 1 fully saturated rings. The summed E-state index contributed by atoms with van der Waals surface area (Å²) in [7, 11) is -3.66. The first kappa shape index (κ1) is 17.8. The van der Waals surface area contributed by atoms with Crippen molar-refractivity contribution in [2.75, 3.05) is 32.9 Å². The molecule has 2 unspecified atom stereocenters. The van der Waals surface area contributed by atoms with Crippen LogP contribution in [0.3, 0.4) is 0 Å². The zero-order chi connectivity index (χ0) is 18.1. The highest BCUT2D eigenvalue weighted by Gasteiger charge is 2.40. The molecule has 8 heteroatoms. The van der Waals surface area contributed by atoms with Crippen LogP contribution in [0.15, 0.2) is 39.9 Å². The van der Waals surface area contributed by atoms with E-state index in [0.29, 0.717) is 37.8 Å². The van der Waals surface area contributed by atoms with E-state index in [1.165, 1.54) is 4.31 Å². The molecule has 0 bridgehead atoms. The monoisotopic (exact) mass is 395 g/mol. The van der Waals surface area contributed by atoms with Crippen LogP contribution in [0.5, 0.6) is 11.5 Å². The highest BCUT2D eigenvalue weighted by molar-refractivity contribution is 7.89. The van der Waals surface area contributed by atoms with Crippen LogP contribution in [-0.2, 0) is 10.0 Å². The summed E-state index contributed by atoms with van der Waals surface area (Å²) in [5.74, 6) is 0.962. The Hall–Kier alpha value is -1.61. The van der Waals surface area contributed by atoms with Crippen LogP contribution in [0.4, 0.5) is 0 Å². The number of ether oxygens (including phenoxy) is 2. The van der Waals surface area contributed by atoms with E-state index >= 15 is 0 Å². The van der Waals surface area contributed by atoms with Crippen LogP contribution < -0.4 is 9.47 Å². The number of aliphatic hydroxyl groups excluding tert-OH is 1. The third kappa shape index (κ3) is 3.22. The van der Waals surface area contributed by atoms with Gasteiger partial charge in [-0.25, -0.2) is 8.42 Å². The summed E-state index contributed by atoms with van der Waals surface area (Å²) in [4.78, 5) is 0.199. The van der Waals surface area contributed by atoms with Crippen molar-refractivity contribution in [3.8, 4) is 11.5 Å². The average Bonchev–Trinajstić information content (AvgIpc) is 3.26. The standard InChI is InChI=1S/C18H21NO5S2/c20-11-14-9-19(10-16(14)13-4-7-25-12-13)26(21,22)15-2-3-17-18(8-15)24-6-1-5-23-17/h2-4,7-8,12,14,16,20H,1,5-6,9-11H2. The van der Waals surface area contributed by atoms with Gasteiger partial charge in [-0.15, -0.1) is 0 Å². The molecule has 0 aliphatic carbocycles. The van der Waals surface area contributed by atoms with E-state index in [1.54, 1.807) is 29.5 Å². The molecule has 2 aliphatic rings. The molecular weight excluding hydrogens is 374 g/mol. The predicted molar refractivity (Wildman–Crippen MR) is 98.4 cm³/mol. The van der Waals surface area contributed by atoms with E-state index in [9.17, 15) is 13.5 Å². The number of sulfonamides is 1. The van der Waals surface area contributed by atoms with Crippen molar-refractivity contribution in [1.29, 1.82) is 0 Å². The quantitative estimate of drug-likeness (QED) is 0.860. The van der Waals surface area contributed by atoms with Crippen molar-refractivity contribution < 1.29 is 23.0 Å². The first-order valence-corrected chi connectivity index (χ1v) is 11.0. The minimum absolute atomic E-state index is 0.0152. The summed E-state index contributed by atoms with van der Waals surface area (Å²) in [5.41, 5.74) is 1.09. The number of benzene rings is 1. The van der Waals surface area contributed by atoms with Crippen LogP contribution >= 0.6 is 11.3 Å². The van der Waals surface area contributed by atoms with Gasteiger partial charge in [-0.1, -0.05) is 0 Å². The van der Waals surface area contributed by atoms with E-state index in [0.717, 1.165) is 12.0 Å². The third-order valence-corrected chi connectivity index (χ3v) is 7.50. The smallest absolute Gasteiger partial charge is 0.243 e. The van der Waals surface area contributed by atoms with Gasteiger partial charge in [-0.05, 0) is 34.5 Å². The van der Waals surface area contributed by atoms with Gasteiger partial charge < -0.3 is 14.6 Å². The Labute approximate surface area is 157 Å². The van der Waals surface area contributed by atoms with Crippen molar-refractivity contribution in [1.82, 2.24) is 4.31 Å². The largest absolute Gasteiger partial charge is 0.490 e. The Morgan fingerprint density at radius 3 is 2.69 bits per heavy atom. The summed E-state index contributed by atoms with van der Waals surface area (Å²) >= 11 is 1.58. The van der Waals surface area contributed by atoms with Gasteiger partial charge in [0.15, 0.2) is 11.5 Å². The molecular formula is C18H21NO5S2. The number of hydrogen-bond acceptors (Lipinski definition) is 6. The highest BCUT2D eigenvalue weighted by Crippen LogP contribution is 2.38. The van der Waals surface area contributed by atoms with Crippen molar-refractivity contribution >= 4 is 21.4 Å². The lowest BCUT2D eigenvalue weighted by Gasteiger charge is -2.17. The summed E-state index contributed by atoms with van der Waals surface area (Å²) in [5, 5.41) is 13.7. The van der Waals surface area contributed by atoms with E-state index in [-0.39, 0.29) is 23.3 Å². The molecule has 0 amide bonds. The van der Waals surface area contributed by atoms with Gasteiger partial charge in [-0.3, -0.25) is 0 Å². The molecule has 1 aromatic carbocycles. The molecule has 0 radical (unpaired) electrons. The molecule has 1 N–H and O–H groups in total. The van der Waals surface area contributed by atoms with E-state index in [2.05, 4.69) is 0 Å². The second kappa shape index (κ2) is 7.19. The average molecular weight is 396 g/mol. The van der Waals surface area contributed by atoms with Gasteiger partial charge in [0, 0.05) is 44.0 Å². The fourth-order valence-corrected chi connectivity index (χ4v) is 5.79. The Morgan fingerprint density at radius 1 is 1.15 bits per heavy atom. The van der Waals surface area contributed by atoms with E-state index < -0.39 is 10.0 Å². The number of fused-ring (bicyclic) bond motifs is 1. The fourth-order valence-electron chi connectivity index (χ4n) is 3.53. The molecule has 140 valence electrons. The van der Waals surface area contributed by atoms with Crippen molar-refractivity contribution in [3.63, 3.8) is 0 Å². The predicted octanol–water partition coefficient (Wildman–Crippen LogP) is 2.31. The van der Waals surface area contributed by atoms with Crippen molar-refractivity contribution in [3.05, 3.63) is 40.6 Å². The Balaban J connectivity index is 1.62. The Kier molecular flexibility index (Phi) is 4.92. The molecule has 4 rings (SSSR count). The first-order valence-electron chi connectivity index (χ1n) is 8.62. The number of nitrogens with zero attached hydrogens (tertiary/aromatic N) is 1. The van der Waals surface area contributed by atoms with Crippen LogP contribution in [-0.4, -0.2) is 50.7 Å². The zero-order valence-electron chi connectivity index (χ0n) is 14.2. The maximum Gasteiger partial charge on any atom is 0.243 e. The molecule has 2 atom stereocenters. The number of aliphatic hydroxyl groups is 1. The fraction of sp³-hybridized carbons (Fsp3) is 0.444. The summed E-state index contributed by atoms with van der Waals surface area (Å²) < 4.78 is 38.9. The molecule has 3 heterocycles.